The van der Waals surface area contributed by atoms with E-state index in [9.17, 15) is 4.79 Å². The predicted octanol–water partition coefficient (Wildman–Crippen LogP) is 2.98. The summed E-state index contributed by atoms with van der Waals surface area (Å²) in [6, 6.07) is 0. The average molecular weight is 219 g/mol. The molecule has 0 aliphatic heterocycles. The van der Waals surface area contributed by atoms with Crippen molar-refractivity contribution in [3.05, 3.63) is 34.9 Å². The molecule has 0 radical (unpaired) electrons. The van der Waals surface area contributed by atoms with Gasteiger partial charge >= 0.3 is 0 Å². The molecule has 2 heteroatoms. The number of amides is 1. The minimum Gasteiger partial charge on any atom is -0.352 e. The molecular weight excluding hydrogens is 198 g/mol. The van der Waals surface area contributed by atoms with Crippen molar-refractivity contribution in [2.45, 2.75) is 34.1 Å². The van der Waals surface area contributed by atoms with E-state index in [1.165, 1.54) is 16.7 Å². The van der Waals surface area contributed by atoms with Gasteiger partial charge in [0, 0.05) is 13.5 Å². The molecule has 16 heavy (non-hydrogen) atoms. The van der Waals surface area contributed by atoms with Gasteiger partial charge < -0.3 is 5.32 Å². The van der Waals surface area contributed by atoms with Crippen LogP contribution in [0, 0.1) is 5.92 Å². The molecule has 0 fully saturated rings. The summed E-state index contributed by atoms with van der Waals surface area (Å²) >= 11 is 0. The first kappa shape index (κ1) is 12.8. The summed E-state index contributed by atoms with van der Waals surface area (Å²) in [7, 11) is 0. The van der Waals surface area contributed by atoms with E-state index in [4.69, 9.17) is 0 Å². The summed E-state index contributed by atoms with van der Waals surface area (Å²) in [5, 5.41) is 2.86. The molecule has 1 rings (SSSR count). The molecule has 0 saturated carbocycles. The molecule has 0 bridgehead atoms. The van der Waals surface area contributed by atoms with Gasteiger partial charge in [0.1, 0.15) is 0 Å². The monoisotopic (exact) mass is 219 g/mol. The maximum Gasteiger partial charge on any atom is 0.217 e. The van der Waals surface area contributed by atoms with Crippen LogP contribution in [0.15, 0.2) is 34.9 Å². The molecular formula is C14H21NO. The van der Waals surface area contributed by atoms with Crippen LogP contribution in [-0.2, 0) is 4.79 Å². The zero-order chi connectivity index (χ0) is 12.1. The maximum absolute atomic E-state index is 10.9. The number of hydrogen-bond donors (Lipinski definition) is 1. The van der Waals surface area contributed by atoms with E-state index >= 15 is 0 Å². The van der Waals surface area contributed by atoms with Crippen LogP contribution in [0.5, 0.6) is 0 Å². The van der Waals surface area contributed by atoms with Crippen molar-refractivity contribution in [3.8, 4) is 0 Å². The third-order valence-corrected chi connectivity index (χ3v) is 3.09. The lowest BCUT2D eigenvalue weighted by molar-refractivity contribution is -0.118. The molecule has 1 unspecified atom stereocenters. The van der Waals surface area contributed by atoms with Crippen molar-refractivity contribution in [1.82, 2.24) is 5.32 Å². The zero-order valence-corrected chi connectivity index (χ0v) is 10.6. The normalized spacial score (nSPS) is 20.5. The average Bonchev–Trinajstić information content (AvgIpc) is 2.37. The predicted molar refractivity (Wildman–Crippen MR) is 68.1 cm³/mol. The second-order valence-corrected chi connectivity index (χ2v) is 4.34. The summed E-state index contributed by atoms with van der Waals surface area (Å²) in [5.74, 6) is 0.475. The van der Waals surface area contributed by atoms with Crippen LogP contribution in [0.3, 0.4) is 0 Å². The summed E-state index contributed by atoms with van der Waals surface area (Å²) in [4.78, 5) is 10.9. The standard InChI is InChI=1S/C14H21NO/c1-5-13-6-7-14(9-15-12(4)16)11(3)10(2)8-13/h6-8,10H,5,9H2,1-4H3,(H,15,16). The van der Waals surface area contributed by atoms with Crippen LogP contribution >= 0.6 is 0 Å². The van der Waals surface area contributed by atoms with Gasteiger partial charge in [-0.3, -0.25) is 4.79 Å². The quantitative estimate of drug-likeness (QED) is 0.776. The molecule has 0 aromatic carbocycles. The second kappa shape index (κ2) is 5.69. The first-order chi connectivity index (χ1) is 7.54. The van der Waals surface area contributed by atoms with Gasteiger partial charge in [-0.05, 0) is 24.8 Å². The van der Waals surface area contributed by atoms with Gasteiger partial charge in [-0.1, -0.05) is 43.2 Å². The van der Waals surface area contributed by atoms with Crippen molar-refractivity contribution >= 4 is 5.91 Å². The molecule has 0 aromatic heterocycles. The molecule has 0 spiro atoms. The number of allylic oxidation sites excluding steroid dienone is 4. The van der Waals surface area contributed by atoms with Crippen molar-refractivity contribution < 1.29 is 4.79 Å². The van der Waals surface area contributed by atoms with Crippen molar-refractivity contribution in [3.63, 3.8) is 0 Å². The molecule has 0 saturated heterocycles. The van der Waals surface area contributed by atoms with Crippen molar-refractivity contribution in [2.75, 3.05) is 6.54 Å². The second-order valence-electron chi connectivity index (χ2n) is 4.34. The van der Waals surface area contributed by atoms with Gasteiger partial charge in [-0.15, -0.1) is 0 Å². The Morgan fingerprint density at radius 3 is 2.69 bits per heavy atom. The summed E-state index contributed by atoms with van der Waals surface area (Å²) in [6.45, 7) is 8.69. The third kappa shape index (κ3) is 3.37. The molecule has 88 valence electrons. The number of carbonyl (C=O) groups is 1. The van der Waals surface area contributed by atoms with E-state index < -0.39 is 0 Å². The van der Waals surface area contributed by atoms with Gasteiger partial charge in [0.2, 0.25) is 5.91 Å². The number of rotatable bonds is 3. The summed E-state index contributed by atoms with van der Waals surface area (Å²) in [6.07, 6.45) is 7.64. The first-order valence-electron chi connectivity index (χ1n) is 5.87. The van der Waals surface area contributed by atoms with Crippen LogP contribution < -0.4 is 5.32 Å². The summed E-state index contributed by atoms with van der Waals surface area (Å²) in [5.41, 5.74) is 3.93. The van der Waals surface area contributed by atoms with E-state index in [1.54, 1.807) is 6.92 Å². The Bertz CT molecular complexity index is 361. The molecule has 1 aliphatic rings. The van der Waals surface area contributed by atoms with E-state index in [1.807, 2.05) is 0 Å². The minimum absolute atomic E-state index is 0.0225. The Morgan fingerprint density at radius 1 is 1.44 bits per heavy atom. The fourth-order valence-electron chi connectivity index (χ4n) is 1.79. The van der Waals surface area contributed by atoms with Gasteiger partial charge in [0.05, 0.1) is 0 Å². The molecule has 0 heterocycles. The zero-order valence-electron chi connectivity index (χ0n) is 10.6. The lowest BCUT2D eigenvalue weighted by Gasteiger charge is -2.12. The van der Waals surface area contributed by atoms with Gasteiger partial charge in [0.25, 0.3) is 0 Å². The van der Waals surface area contributed by atoms with Crippen LogP contribution in [0.1, 0.15) is 34.1 Å². The fourth-order valence-corrected chi connectivity index (χ4v) is 1.79. The van der Waals surface area contributed by atoms with E-state index in [-0.39, 0.29) is 5.91 Å². The highest BCUT2D eigenvalue weighted by atomic mass is 16.1. The Labute approximate surface area is 98.1 Å². The first-order valence-corrected chi connectivity index (χ1v) is 5.87. The highest BCUT2D eigenvalue weighted by Crippen LogP contribution is 2.23. The Kier molecular flexibility index (Phi) is 4.53. The van der Waals surface area contributed by atoms with Crippen LogP contribution in [0.2, 0.25) is 0 Å². The number of carbonyl (C=O) groups excluding carboxylic acids is 1. The number of hydrogen-bond acceptors (Lipinski definition) is 1. The van der Waals surface area contributed by atoms with Gasteiger partial charge in [0.15, 0.2) is 0 Å². The molecule has 1 N–H and O–H groups in total. The number of nitrogens with one attached hydrogen (secondary N) is 1. The van der Waals surface area contributed by atoms with Crippen LogP contribution in [0.4, 0.5) is 0 Å². The Hall–Kier alpha value is -1.31. The van der Waals surface area contributed by atoms with Gasteiger partial charge in [-0.2, -0.15) is 0 Å². The Morgan fingerprint density at radius 2 is 2.12 bits per heavy atom. The van der Waals surface area contributed by atoms with Crippen LogP contribution in [-0.4, -0.2) is 12.5 Å². The highest BCUT2D eigenvalue weighted by molar-refractivity contribution is 5.73. The molecule has 1 amide bonds. The van der Waals surface area contributed by atoms with Crippen LogP contribution in [0.25, 0.3) is 0 Å². The van der Waals surface area contributed by atoms with E-state index in [0.717, 1.165) is 6.42 Å². The lowest BCUT2D eigenvalue weighted by Crippen LogP contribution is -2.22. The molecule has 0 aromatic rings. The molecule has 1 atom stereocenters. The van der Waals surface area contributed by atoms with E-state index in [0.29, 0.717) is 12.5 Å². The smallest absolute Gasteiger partial charge is 0.217 e. The largest absolute Gasteiger partial charge is 0.352 e. The van der Waals surface area contributed by atoms with Gasteiger partial charge in [-0.25, -0.2) is 0 Å². The summed E-state index contributed by atoms with van der Waals surface area (Å²) < 4.78 is 0. The van der Waals surface area contributed by atoms with Crippen molar-refractivity contribution in [2.24, 2.45) is 5.92 Å². The minimum atomic E-state index is 0.0225. The Balaban J connectivity index is 2.83. The third-order valence-electron chi connectivity index (χ3n) is 3.09. The topological polar surface area (TPSA) is 29.1 Å². The fraction of sp³-hybridized carbons (Fsp3) is 0.500. The lowest BCUT2D eigenvalue weighted by atomic mass is 9.97. The SMILES string of the molecule is CCC1=CC(C)C(C)=C(CNC(C)=O)C=C1. The molecule has 1 aliphatic carbocycles. The highest BCUT2D eigenvalue weighted by Gasteiger charge is 2.10. The van der Waals surface area contributed by atoms with E-state index in [2.05, 4.69) is 44.3 Å². The van der Waals surface area contributed by atoms with Crippen molar-refractivity contribution in [1.29, 1.82) is 0 Å². The maximum atomic E-state index is 10.9. The molecule has 2 nitrogen and oxygen atoms in total.